The lowest BCUT2D eigenvalue weighted by atomic mass is 10.2. The lowest BCUT2D eigenvalue weighted by Gasteiger charge is -2.26. The van der Waals surface area contributed by atoms with Gasteiger partial charge in [0.15, 0.2) is 11.4 Å². The minimum atomic E-state index is -0.916. The number of halogens is 1. The molecular weight excluding hydrogens is 439 g/mol. The number of rotatable bonds is 7. The van der Waals surface area contributed by atoms with Crippen molar-refractivity contribution in [3.8, 4) is 17.2 Å². The Hall–Kier alpha value is -3.72. The SMILES string of the molecule is Cc1cc(NC(=O)C2(Oc3ccc(F)cc3)CC2)ccc1Oc1cnc(N2CCOCC2)nc1. The molecule has 0 bridgehead atoms. The van der Waals surface area contributed by atoms with Crippen molar-refractivity contribution in [2.24, 2.45) is 0 Å². The molecule has 2 aromatic carbocycles. The van der Waals surface area contributed by atoms with Gasteiger partial charge in [0.1, 0.15) is 17.3 Å². The van der Waals surface area contributed by atoms with Gasteiger partial charge in [0, 0.05) is 31.6 Å². The van der Waals surface area contributed by atoms with E-state index in [0.29, 0.717) is 54.9 Å². The third-order valence-electron chi connectivity index (χ3n) is 5.81. The molecule has 0 unspecified atom stereocenters. The largest absolute Gasteiger partial charge is 0.477 e. The molecular formula is C25H25FN4O4. The number of carbonyl (C=O) groups excluding carboxylic acids is 1. The van der Waals surface area contributed by atoms with Gasteiger partial charge in [-0.25, -0.2) is 14.4 Å². The summed E-state index contributed by atoms with van der Waals surface area (Å²) in [6.45, 7) is 4.77. The van der Waals surface area contributed by atoms with Crippen LogP contribution in [-0.2, 0) is 9.53 Å². The molecule has 1 aromatic heterocycles. The van der Waals surface area contributed by atoms with Crippen molar-refractivity contribution in [2.45, 2.75) is 25.4 Å². The van der Waals surface area contributed by atoms with Gasteiger partial charge in [0.25, 0.3) is 5.91 Å². The van der Waals surface area contributed by atoms with E-state index in [2.05, 4.69) is 20.2 Å². The van der Waals surface area contributed by atoms with Crippen molar-refractivity contribution in [3.63, 3.8) is 0 Å². The van der Waals surface area contributed by atoms with E-state index in [0.717, 1.165) is 18.7 Å². The number of benzene rings is 2. The van der Waals surface area contributed by atoms with Gasteiger partial charge in [0.2, 0.25) is 5.95 Å². The van der Waals surface area contributed by atoms with Gasteiger partial charge in [-0.2, -0.15) is 0 Å². The number of nitrogens with one attached hydrogen (secondary N) is 1. The Kier molecular flexibility index (Phi) is 6.02. The summed E-state index contributed by atoms with van der Waals surface area (Å²) in [5, 5.41) is 2.92. The maximum atomic E-state index is 13.1. The van der Waals surface area contributed by atoms with Crippen molar-refractivity contribution in [2.75, 3.05) is 36.5 Å². The van der Waals surface area contributed by atoms with Crippen LogP contribution in [0.1, 0.15) is 18.4 Å². The van der Waals surface area contributed by atoms with E-state index >= 15 is 0 Å². The lowest BCUT2D eigenvalue weighted by molar-refractivity contribution is -0.124. The first-order chi connectivity index (χ1) is 16.5. The van der Waals surface area contributed by atoms with Crippen molar-refractivity contribution in [1.82, 2.24) is 9.97 Å². The fourth-order valence-electron chi connectivity index (χ4n) is 3.72. The van der Waals surface area contributed by atoms with E-state index in [4.69, 9.17) is 14.2 Å². The van der Waals surface area contributed by atoms with E-state index in [1.54, 1.807) is 24.5 Å². The molecule has 8 nitrogen and oxygen atoms in total. The van der Waals surface area contributed by atoms with Crippen LogP contribution < -0.4 is 19.7 Å². The first-order valence-corrected chi connectivity index (χ1v) is 11.2. The molecule has 9 heteroatoms. The Morgan fingerprint density at radius 2 is 1.76 bits per heavy atom. The molecule has 176 valence electrons. The highest BCUT2D eigenvalue weighted by molar-refractivity contribution is 5.99. The Morgan fingerprint density at radius 3 is 2.41 bits per heavy atom. The highest BCUT2D eigenvalue weighted by Gasteiger charge is 2.53. The van der Waals surface area contributed by atoms with Crippen LogP contribution in [0.15, 0.2) is 54.9 Å². The highest BCUT2D eigenvalue weighted by Crippen LogP contribution is 2.41. The third-order valence-corrected chi connectivity index (χ3v) is 5.81. The normalized spacial score (nSPS) is 16.6. The van der Waals surface area contributed by atoms with Gasteiger partial charge >= 0.3 is 0 Å². The molecule has 1 saturated heterocycles. The van der Waals surface area contributed by atoms with Crippen LogP contribution in [0.4, 0.5) is 16.0 Å². The van der Waals surface area contributed by atoms with Crippen molar-refractivity contribution < 1.29 is 23.4 Å². The van der Waals surface area contributed by atoms with Gasteiger partial charge in [-0.15, -0.1) is 0 Å². The van der Waals surface area contributed by atoms with Crippen LogP contribution in [0.3, 0.4) is 0 Å². The minimum Gasteiger partial charge on any atom is -0.477 e. The van der Waals surface area contributed by atoms with Crippen molar-refractivity contribution in [3.05, 3.63) is 66.2 Å². The Balaban J connectivity index is 1.20. The zero-order valence-corrected chi connectivity index (χ0v) is 18.8. The predicted molar refractivity (Wildman–Crippen MR) is 124 cm³/mol. The summed E-state index contributed by atoms with van der Waals surface area (Å²) in [7, 11) is 0. The minimum absolute atomic E-state index is 0.225. The molecule has 1 aliphatic heterocycles. The standard InChI is InChI=1S/C25H25FN4O4/c1-17-14-19(29-23(31)25(8-9-25)34-20-5-2-18(26)3-6-20)4-7-22(17)33-21-15-27-24(28-16-21)30-10-12-32-13-11-30/h2-7,14-16H,8-13H2,1H3,(H,29,31). The molecule has 1 aliphatic carbocycles. The Bertz CT molecular complexity index is 1160. The Labute approximate surface area is 196 Å². The highest BCUT2D eigenvalue weighted by atomic mass is 19.1. The van der Waals surface area contributed by atoms with Crippen LogP contribution in [0.2, 0.25) is 0 Å². The van der Waals surface area contributed by atoms with Crippen LogP contribution in [0.25, 0.3) is 0 Å². The monoisotopic (exact) mass is 464 g/mol. The number of hydrogen-bond donors (Lipinski definition) is 1. The molecule has 0 radical (unpaired) electrons. The van der Waals surface area contributed by atoms with E-state index in [1.165, 1.54) is 24.3 Å². The summed E-state index contributed by atoms with van der Waals surface area (Å²) >= 11 is 0. The summed E-state index contributed by atoms with van der Waals surface area (Å²) < 4.78 is 30.3. The van der Waals surface area contributed by atoms with E-state index in [1.807, 2.05) is 13.0 Å². The predicted octanol–water partition coefficient (Wildman–Crippen LogP) is 4.10. The quantitative estimate of drug-likeness (QED) is 0.563. The van der Waals surface area contributed by atoms with E-state index < -0.39 is 5.60 Å². The number of morpholine rings is 1. The molecule has 2 heterocycles. The number of aromatic nitrogens is 2. The van der Waals surface area contributed by atoms with Gasteiger partial charge in [-0.05, 0) is 55.0 Å². The van der Waals surface area contributed by atoms with Crippen LogP contribution in [-0.4, -0.2) is 47.8 Å². The van der Waals surface area contributed by atoms with Crippen LogP contribution in [0, 0.1) is 12.7 Å². The second kappa shape index (κ2) is 9.26. The van der Waals surface area contributed by atoms with Crippen molar-refractivity contribution in [1.29, 1.82) is 0 Å². The summed E-state index contributed by atoms with van der Waals surface area (Å²) in [6, 6.07) is 11.1. The van der Waals surface area contributed by atoms with Gasteiger partial charge in [-0.3, -0.25) is 4.79 Å². The van der Waals surface area contributed by atoms with Crippen LogP contribution in [0.5, 0.6) is 17.2 Å². The number of carbonyl (C=O) groups is 1. The molecule has 2 fully saturated rings. The topological polar surface area (TPSA) is 85.8 Å². The number of amides is 1. The fraction of sp³-hybridized carbons (Fsp3) is 0.320. The van der Waals surface area contributed by atoms with Gasteiger partial charge in [-0.1, -0.05) is 0 Å². The first kappa shape index (κ1) is 22.1. The smallest absolute Gasteiger partial charge is 0.268 e. The second-order valence-corrected chi connectivity index (χ2v) is 8.40. The van der Waals surface area contributed by atoms with E-state index in [9.17, 15) is 9.18 Å². The first-order valence-electron chi connectivity index (χ1n) is 11.2. The zero-order chi connectivity index (χ0) is 23.5. The van der Waals surface area contributed by atoms with E-state index in [-0.39, 0.29) is 11.7 Å². The molecule has 5 rings (SSSR count). The summed E-state index contributed by atoms with van der Waals surface area (Å²) in [4.78, 5) is 23.7. The van der Waals surface area contributed by atoms with Crippen LogP contribution >= 0.6 is 0 Å². The van der Waals surface area contributed by atoms with Crippen molar-refractivity contribution >= 4 is 17.5 Å². The number of anilines is 2. The maximum Gasteiger partial charge on any atom is 0.268 e. The van der Waals surface area contributed by atoms with Gasteiger partial charge < -0.3 is 24.4 Å². The number of aryl methyl sites for hydroxylation is 1. The molecule has 2 aliphatic rings. The molecule has 1 N–H and O–H groups in total. The molecule has 1 amide bonds. The summed E-state index contributed by atoms with van der Waals surface area (Å²) in [5.74, 6) is 1.72. The number of hydrogen-bond acceptors (Lipinski definition) is 7. The molecule has 0 spiro atoms. The number of ether oxygens (including phenoxy) is 3. The fourth-order valence-corrected chi connectivity index (χ4v) is 3.72. The average Bonchev–Trinajstić information content (AvgIpc) is 3.64. The summed E-state index contributed by atoms with van der Waals surface area (Å²) in [6.07, 6.45) is 4.51. The molecule has 3 aromatic rings. The maximum absolute atomic E-state index is 13.1. The molecule has 34 heavy (non-hydrogen) atoms. The lowest BCUT2D eigenvalue weighted by Crippen LogP contribution is -2.37. The summed E-state index contributed by atoms with van der Waals surface area (Å²) in [5.41, 5.74) is 0.572. The Morgan fingerprint density at radius 1 is 1.06 bits per heavy atom. The second-order valence-electron chi connectivity index (χ2n) is 8.40. The van der Waals surface area contributed by atoms with Gasteiger partial charge in [0.05, 0.1) is 25.6 Å². The number of nitrogens with zero attached hydrogens (tertiary/aromatic N) is 3. The average molecular weight is 464 g/mol. The third kappa shape index (κ3) is 4.94. The zero-order valence-electron chi connectivity index (χ0n) is 18.8. The molecule has 0 atom stereocenters. The molecule has 1 saturated carbocycles.